The Bertz CT molecular complexity index is 129. The van der Waals surface area contributed by atoms with E-state index in [2.05, 4.69) is 22.9 Å². The maximum atomic E-state index is 8.42. The average Bonchev–Trinajstić information content (AvgIpc) is 1.81. The lowest BCUT2D eigenvalue weighted by molar-refractivity contribution is 0.0834. The molecule has 2 rings (SSSR count). The van der Waals surface area contributed by atoms with E-state index in [0.29, 0.717) is 0 Å². The Morgan fingerprint density at radius 3 is 1.31 bits per heavy atom. The van der Waals surface area contributed by atoms with E-state index in [9.17, 15) is 0 Å². The Labute approximate surface area is 75.5 Å². The van der Waals surface area contributed by atoms with Gasteiger partial charge < -0.3 is 45.2 Å². The highest BCUT2D eigenvalue weighted by molar-refractivity contribution is 6.74. The number of hydrogen-bond acceptors (Lipinski definition) is 9. The Morgan fingerprint density at radius 2 is 1.08 bits per heavy atom. The topological polar surface area (TPSA) is 157 Å². The summed E-state index contributed by atoms with van der Waals surface area (Å²) in [4.78, 5) is 0. The van der Waals surface area contributed by atoms with E-state index >= 15 is 0 Å². The van der Waals surface area contributed by atoms with Crippen LogP contribution in [0.4, 0.5) is 0 Å². The molecule has 0 atom stereocenters. The molecule has 0 radical (unpaired) electrons. The van der Waals surface area contributed by atoms with Crippen molar-refractivity contribution in [3.8, 4) is 0 Å². The van der Waals surface area contributed by atoms with E-state index < -0.39 is 29.3 Å². The van der Waals surface area contributed by atoms with Gasteiger partial charge >= 0.3 is 29.3 Å². The van der Waals surface area contributed by atoms with Gasteiger partial charge in [0.15, 0.2) is 0 Å². The summed E-state index contributed by atoms with van der Waals surface area (Å²) in [5.41, 5.74) is 0. The fraction of sp³-hybridized carbons (Fsp3) is 0. The predicted molar refractivity (Wildman–Crippen MR) is 42.9 cm³/mol. The lowest BCUT2D eigenvalue weighted by atomic mass is 9.90. The molecule has 2 aliphatic rings. The molecule has 8 N–H and O–H groups in total. The van der Waals surface area contributed by atoms with Crippen molar-refractivity contribution < 1.29 is 32.9 Å². The fourth-order valence-corrected chi connectivity index (χ4v) is 0.620. The monoisotopic (exact) mass is 192 g/mol. The summed E-state index contributed by atoms with van der Waals surface area (Å²) in [6.07, 6.45) is 0. The van der Waals surface area contributed by atoms with Gasteiger partial charge in [-0.3, -0.25) is 0 Å². The summed E-state index contributed by atoms with van der Waals surface area (Å²) in [5.74, 6) is 0. The second kappa shape index (κ2) is 4.95. The van der Waals surface area contributed by atoms with E-state index in [0.717, 1.165) is 0 Å². The van der Waals surface area contributed by atoms with Crippen LogP contribution in [0, 0.1) is 0 Å². The Balaban J connectivity index is 0.000000720. The molecule has 9 nitrogen and oxygen atoms in total. The smallest absolute Gasteiger partial charge is 0.403 e. The predicted octanol–water partition coefficient (Wildman–Crippen LogP) is -2.66. The van der Waals surface area contributed by atoms with Crippen LogP contribution in [-0.4, -0.2) is 39.3 Å². The molecule has 13 heteroatoms. The Hall–Kier alpha value is -0.100. The normalized spacial score (nSPS) is 19.8. The first-order valence-electron chi connectivity index (χ1n) is 2.87. The molecular weight excluding hydrogens is 183 g/mol. The first kappa shape index (κ1) is 12.9. The molecule has 2 fully saturated rings. The molecule has 2 heterocycles. The van der Waals surface area contributed by atoms with Crippen molar-refractivity contribution in [2.75, 3.05) is 0 Å². The van der Waals surface area contributed by atoms with Crippen LogP contribution in [0.2, 0.25) is 0 Å². The molecule has 13 heavy (non-hydrogen) atoms. The molecule has 0 unspecified atom stereocenters. The lowest BCUT2D eigenvalue weighted by Gasteiger charge is -2.31. The quantitative estimate of drug-likeness (QED) is 0.342. The third-order valence-corrected chi connectivity index (χ3v) is 1.13. The second-order valence-corrected chi connectivity index (χ2v) is 1.87. The maximum absolute atomic E-state index is 8.42. The summed E-state index contributed by atoms with van der Waals surface area (Å²) in [6, 6.07) is 0. The molecule has 0 amide bonds. The summed E-state index contributed by atoms with van der Waals surface area (Å²) in [7, 11) is -4.46. The zero-order valence-electron chi connectivity index (χ0n) is 6.66. The van der Waals surface area contributed by atoms with E-state index in [1.165, 1.54) is 0 Å². The standard InChI is InChI=1S/B4H2O7.2H3N/c5-1-7-3(8-1)11-4-9-2(6)10-4;;/h5-6H;2*1H3. The van der Waals surface area contributed by atoms with E-state index in [4.69, 9.17) is 10.0 Å². The number of hydrogen-bond donors (Lipinski definition) is 4. The van der Waals surface area contributed by atoms with Crippen molar-refractivity contribution in [1.29, 1.82) is 0 Å². The van der Waals surface area contributed by atoms with Crippen LogP contribution in [0.25, 0.3) is 0 Å². The van der Waals surface area contributed by atoms with Crippen molar-refractivity contribution in [1.82, 2.24) is 12.3 Å². The van der Waals surface area contributed by atoms with Crippen LogP contribution >= 0.6 is 0 Å². The van der Waals surface area contributed by atoms with Crippen molar-refractivity contribution in [2.24, 2.45) is 0 Å². The zero-order valence-corrected chi connectivity index (χ0v) is 6.66. The van der Waals surface area contributed by atoms with Crippen LogP contribution < -0.4 is 12.3 Å². The van der Waals surface area contributed by atoms with Gasteiger partial charge in [0.2, 0.25) is 0 Å². The van der Waals surface area contributed by atoms with E-state index in [1.807, 2.05) is 0 Å². The van der Waals surface area contributed by atoms with Gasteiger partial charge in [-0.1, -0.05) is 0 Å². The van der Waals surface area contributed by atoms with Gasteiger partial charge in [0.05, 0.1) is 0 Å². The molecule has 0 aromatic carbocycles. The van der Waals surface area contributed by atoms with Crippen LogP contribution in [0.15, 0.2) is 0 Å². The third-order valence-electron chi connectivity index (χ3n) is 1.13. The Morgan fingerprint density at radius 1 is 0.769 bits per heavy atom. The zero-order chi connectivity index (χ0) is 7.84. The lowest BCUT2D eigenvalue weighted by Crippen LogP contribution is -2.59. The van der Waals surface area contributed by atoms with Crippen molar-refractivity contribution in [3.05, 3.63) is 0 Å². The van der Waals surface area contributed by atoms with Crippen molar-refractivity contribution in [2.45, 2.75) is 0 Å². The summed E-state index contributed by atoms with van der Waals surface area (Å²) in [6.45, 7) is 0. The molecule has 0 saturated carbocycles. The van der Waals surface area contributed by atoms with Gasteiger partial charge in [0, 0.05) is 0 Å². The van der Waals surface area contributed by atoms with Crippen LogP contribution in [-0.2, 0) is 22.9 Å². The summed E-state index contributed by atoms with van der Waals surface area (Å²) >= 11 is 0. The van der Waals surface area contributed by atoms with Crippen molar-refractivity contribution >= 4 is 29.3 Å². The van der Waals surface area contributed by atoms with Crippen LogP contribution in [0.1, 0.15) is 0 Å². The van der Waals surface area contributed by atoms with Crippen LogP contribution in [0.5, 0.6) is 0 Å². The van der Waals surface area contributed by atoms with Crippen molar-refractivity contribution in [3.63, 3.8) is 0 Å². The highest BCUT2D eigenvalue weighted by atomic mass is 16.9. The summed E-state index contributed by atoms with van der Waals surface area (Å²) in [5, 5.41) is 16.8. The molecule has 0 aromatic heterocycles. The van der Waals surface area contributed by atoms with E-state index in [-0.39, 0.29) is 12.3 Å². The molecule has 0 bridgehead atoms. The Kier molecular flexibility index (Phi) is 4.91. The van der Waals surface area contributed by atoms with E-state index in [1.54, 1.807) is 0 Å². The first-order chi connectivity index (χ1) is 5.24. The minimum atomic E-state index is -1.25. The first-order valence-corrected chi connectivity index (χ1v) is 2.87. The SMILES string of the molecule is N.N.OB1OB(OB2OB(O)O2)O1. The fourth-order valence-electron chi connectivity index (χ4n) is 0.620. The molecule has 0 aromatic rings. The van der Waals surface area contributed by atoms with Gasteiger partial charge in [-0.05, 0) is 0 Å². The molecule has 2 aliphatic heterocycles. The molecule has 0 aliphatic carbocycles. The van der Waals surface area contributed by atoms with Gasteiger partial charge in [-0.15, -0.1) is 0 Å². The van der Waals surface area contributed by atoms with Gasteiger partial charge in [-0.25, -0.2) is 0 Å². The second-order valence-electron chi connectivity index (χ2n) is 1.87. The molecule has 2 saturated heterocycles. The minimum absolute atomic E-state index is 0. The van der Waals surface area contributed by atoms with Crippen LogP contribution in [0.3, 0.4) is 0 Å². The highest BCUT2D eigenvalue weighted by Crippen LogP contribution is 2.14. The number of rotatable bonds is 2. The minimum Gasteiger partial charge on any atom is -0.403 e. The largest absolute Gasteiger partial charge is 0.612 e. The molecular formula is H8B4N2O7. The van der Waals surface area contributed by atoms with Gasteiger partial charge in [0.25, 0.3) is 0 Å². The maximum Gasteiger partial charge on any atom is 0.612 e. The summed E-state index contributed by atoms with van der Waals surface area (Å²) < 4.78 is 22.5. The third kappa shape index (κ3) is 2.95. The van der Waals surface area contributed by atoms with Gasteiger partial charge in [-0.2, -0.15) is 0 Å². The van der Waals surface area contributed by atoms with Gasteiger partial charge in [0.1, 0.15) is 0 Å². The molecule has 72 valence electrons. The highest BCUT2D eigenvalue weighted by Gasteiger charge is 2.52. The average molecular weight is 191 g/mol. The molecule has 0 spiro atoms.